The second-order valence-corrected chi connectivity index (χ2v) is 15.0. The van der Waals surface area contributed by atoms with Crippen LogP contribution in [0.1, 0.15) is 85.5 Å². The van der Waals surface area contributed by atoms with Crippen molar-refractivity contribution in [2.45, 2.75) is 109 Å². The van der Waals surface area contributed by atoms with Crippen LogP contribution >= 0.6 is 0 Å². The van der Waals surface area contributed by atoms with Gasteiger partial charge in [0.1, 0.15) is 0 Å². The summed E-state index contributed by atoms with van der Waals surface area (Å²) in [7, 11) is 0. The Balaban J connectivity index is 1.15. The largest absolute Gasteiger partial charge is 0.393 e. The molecule has 2 saturated heterocycles. The van der Waals surface area contributed by atoms with Crippen LogP contribution in [0.15, 0.2) is 11.6 Å². The fourth-order valence-electron chi connectivity index (χ4n) is 11.0. The smallest absolute Gasteiger partial charge is 0.239 e. The zero-order valence-electron chi connectivity index (χ0n) is 25.2. The number of fused-ring (bicyclic) bond motifs is 6. The lowest BCUT2D eigenvalue weighted by Gasteiger charge is -2.49. The van der Waals surface area contributed by atoms with Crippen LogP contribution in [0, 0.1) is 46.8 Å². The Morgan fingerprint density at radius 2 is 2.00 bits per heavy atom. The van der Waals surface area contributed by atoms with E-state index < -0.39 is 0 Å². The Bertz CT molecular complexity index is 1000. The van der Waals surface area contributed by atoms with Crippen LogP contribution in [0.2, 0.25) is 0 Å². The van der Waals surface area contributed by atoms with E-state index in [1.54, 1.807) is 5.57 Å². The van der Waals surface area contributed by atoms with E-state index in [9.17, 15) is 14.7 Å². The van der Waals surface area contributed by atoms with Gasteiger partial charge in [-0.3, -0.25) is 14.5 Å². The van der Waals surface area contributed by atoms with Gasteiger partial charge < -0.3 is 20.5 Å². The number of aliphatic hydroxyl groups is 1. The zero-order valence-corrected chi connectivity index (χ0v) is 25.2. The number of ether oxygens (including phenoxy) is 1. The molecule has 1 spiro atoms. The van der Waals surface area contributed by atoms with Crippen LogP contribution in [0.25, 0.3) is 0 Å². The van der Waals surface area contributed by atoms with Gasteiger partial charge in [0.25, 0.3) is 0 Å². The third kappa shape index (κ3) is 4.86. The molecule has 2 aliphatic heterocycles. The van der Waals surface area contributed by atoms with E-state index in [0.717, 1.165) is 62.4 Å². The van der Waals surface area contributed by atoms with Gasteiger partial charge in [-0.25, -0.2) is 0 Å². The first-order valence-corrected chi connectivity index (χ1v) is 16.4. The summed E-state index contributed by atoms with van der Waals surface area (Å²) in [6.45, 7) is 12.4. The average Bonchev–Trinajstić information content (AvgIpc) is 3.38. The standard InChI is InChI=1S/C33H53N3O4/c1-20-13-29-31(36(18-20)12-11-35-30(39)17-34-19-37)22(3)33(40-29)10-8-25-26-6-5-23-14-24(38)7-9-32(23,4)28(26)15-27(25)21(2)16-33/h5,19-22,24-29,31,38H,6-18H2,1-4H3,(H,34,37)(H,35,39). The molecular weight excluding hydrogens is 502 g/mol. The molecule has 3 saturated carbocycles. The Hall–Kier alpha value is -1.44. The number of likely N-dealkylation sites (tertiary alicyclic amines) is 1. The Morgan fingerprint density at radius 1 is 1.18 bits per heavy atom. The number of hydrogen-bond donors (Lipinski definition) is 3. The van der Waals surface area contributed by atoms with Gasteiger partial charge in [-0.2, -0.15) is 0 Å². The average molecular weight is 556 g/mol. The van der Waals surface area contributed by atoms with Crippen molar-refractivity contribution < 1.29 is 19.4 Å². The second-order valence-electron chi connectivity index (χ2n) is 15.0. The molecule has 0 bridgehead atoms. The summed E-state index contributed by atoms with van der Waals surface area (Å²) in [5, 5.41) is 15.8. The van der Waals surface area contributed by atoms with E-state index in [1.807, 2.05) is 0 Å². The molecule has 12 atom stereocenters. The lowest BCUT2D eigenvalue weighted by molar-refractivity contribution is -0.122. The van der Waals surface area contributed by atoms with Gasteiger partial charge in [0.2, 0.25) is 12.3 Å². The first-order chi connectivity index (χ1) is 19.1. The van der Waals surface area contributed by atoms with Gasteiger partial charge in [-0.15, -0.1) is 0 Å². The summed E-state index contributed by atoms with van der Waals surface area (Å²) in [5.74, 6) is 4.74. The van der Waals surface area contributed by atoms with E-state index in [0.29, 0.717) is 42.2 Å². The fourth-order valence-corrected chi connectivity index (χ4v) is 11.0. The van der Waals surface area contributed by atoms with Crippen molar-refractivity contribution in [3.63, 3.8) is 0 Å². The normalized spacial score (nSPS) is 48.3. The number of nitrogens with one attached hydrogen (secondary N) is 2. The van der Waals surface area contributed by atoms with Crippen LogP contribution in [0.5, 0.6) is 0 Å². The van der Waals surface area contributed by atoms with Gasteiger partial charge in [0.15, 0.2) is 0 Å². The van der Waals surface area contributed by atoms with Gasteiger partial charge in [0, 0.05) is 31.6 Å². The number of piperidine rings is 1. The highest BCUT2D eigenvalue weighted by molar-refractivity contribution is 5.79. The minimum atomic E-state index is -0.135. The van der Waals surface area contributed by atoms with E-state index in [1.165, 1.54) is 32.1 Å². The molecule has 6 rings (SSSR count). The van der Waals surface area contributed by atoms with Crippen LogP contribution in [-0.4, -0.2) is 72.4 Å². The molecule has 7 heteroatoms. The molecule has 2 heterocycles. The number of rotatable bonds is 6. The summed E-state index contributed by atoms with van der Waals surface area (Å²) >= 11 is 0. The molecule has 4 aliphatic carbocycles. The van der Waals surface area contributed by atoms with Crippen molar-refractivity contribution in [1.29, 1.82) is 0 Å². The minimum absolute atomic E-state index is 0.0366. The maximum atomic E-state index is 12.0. The first-order valence-electron chi connectivity index (χ1n) is 16.4. The number of carbonyl (C=O) groups is 2. The molecule has 0 radical (unpaired) electrons. The van der Waals surface area contributed by atoms with Gasteiger partial charge in [-0.05, 0) is 98.7 Å². The molecule has 2 amide bonds. The molecule has 0 aromatic heterocycles. The monoisotopic (exact) mass is 555 g/mol. The van der Waals surface area contributed by atoms with Gasteiger partial charge in [-0.1, -0.05) is 39.3 Å². The van der Waals surface area contributed by atoms with Crippen LogP contribution < -0.4 is 10.6 Å². The molecule has 40 heavy (non-hydrogen) atoms. The summed E-state index contributed by atoms with van der Waals surface area (Å²) in [6, 6.07) is 0.409. The summed E-state index contributed by atoms with van der Waals surface area (Å²) in [5.41, 5.74) is 1.82. The van der Waals surface area contributed by atoms with Crippen molar-refractivity contribution in [3.05, 3.63) is 11.6 Å². The molecule has 6 aliphatic rings. The van der Waals surface area contributed by atoms with Gasteiger partial charge >= 0.3 is 0 Å². The Kier molecular flexibility index (Phi) is 7.88. The van der Waals surface area contributed by atoms with Crippen LogP contribution in [-0.2, 0) is 14.3 Å². The highest BCUT2D eigenvalue weighted by Gasteiger charge is 2.61. The van der Waals surface area contributed by atoms with Gasteiger partial charge in [0.05, 0.1) is 24.4 Å². The quantitative estimate of drug-likeness (QED) is 0.342. The summed E-state index contributed by atoms with van der Waals surface area (Å²) in [4.78, 5) is 25.1. The number of aliphatic hydroxyl groups excluding tert-OH is 1. The highest BCUT2D eigenvalue weighted by atomic mass is 16.5. The zero-order chi connectivity index (χ0) is 28.2. The molecule has 0 aromatic carbocycles. The number of allylic oxidation sites excluding steroid dienone is 1. The lowest BCUT2D eigenvalue weighted by Crippen LogP contribution is -2.54. The number of carbonyl (C=O) groups excluding carboxylic acids is 2. The predicted molar refractivity (Wildman–Crippen MR) is 155 cm³/mol. The lowest BCUT2D eigenvalue weighted by atomic mass is 9.56. The van der Waals surface area contributed by atoms with E-state index in [2.05, 4.69) is 49.3 Å². The SMILES string of the molecule is CC1CC2OC3(CCC4C(CC5C4CC=C4CC(O)CCC45C)C(C)C3)C(C)C2N(CCNC(=O)CNC=O)C1. The number of nitrogens with zero attached hydrogens (tertiary/aromatic N) is 1. The molecule has 3 N–H and O–H groups in total. The highest BCUT2D eigenvalue weighted by Crippen LogP contribution is 2.65. The molecular formula is C33H53N3O4. The van der Waals surface area contributed by atoms with Crippen molar-refractivity contribution in [2.75, 3.05) is 26.2 Å². The van der Waals surface area contributed by atoms with Crippen LogP contribution in [0.4, 0.5) is 0 Å². The maximum absolute atomic E-state index is 12.0. The Labute approximate surface area is 241 Å². The minimum Gasteiger partial charge on any atom is -0.393 e. The van der Waals surface area contributed by atoms with Crippen molar-refractivity contribution >= 4 is 12.3 Å². The first kappa shape index (κ1) is 28.7. The second kappa shape index (κ2) is 11.0. The predicted octanol–water partition coefficient (Wildman–Crippen LogP) is 3.90. The maximum Gasteiger partial charge on any atom is 0.239 e. The van der Waals surface area contributed by atoms with Crippen LogP contribution in [0.3, 0.4) is 0 Å². The Morgan fingerprint density at radius 3 is 2.80 bits per heavy atom. The summed E-state index contributed by atoms with van der Waals surface area (Å²) in [6.07, 6.45) is 13.6. The molecule has 0 aromatic rings. The number of hydrogen-bond acceptors (Lipinski definition) is 5. The van der Waals surface area contributed by atoms with E-state index >= 15 is 0 Å². The van der Waals surface area contributed by atoms with Crippen molar-refractivity contribution in [1.82, 2.24) is 15.5 Å². The third-order valence-electron chi connectivity index (χ3n) is 12.9. The number of amides is 2. The molecule has 224 valence electrons. The molecule has 12 unspecified atom stereocenters. The molecule has 5 fully saturated rings. The fraction of sp³-hybridized carbons (Fsp3) is 0.879. The van der Waals surface area contributed by atoms with E-state index in [4.69, 9.17) is 4.74 Å². The molecule has 7 nitrogen and oxygen atoms in total. The van der Waals surface area contributed by atoms with Crippen molar-refractivity contribution in [2.24, 2.45) is 46.8 Å². The topological polar surface area (TPSA) is 90.9 Å². The third-order valence-corrected chi connectivity index (χ3v) is 12.9. The van der Waals surface area contributed by atoms with Crippen molar-refractivity contribution in [3.8, 4) is 0 Å². The van der Waals surface area contributed by atoms with E-state index in [-0.39, 0.29) is 30.3 Å². The summed E-state index contributed by atoms with van der Waals surface area (Å²) < 4.78 is 7.24.